The SMILES string of the molecule is CCC(C(=O)NCC(C)CC(C)O)c1ccc(OC)cc1. The summed E-state index contributed by atoms with van der Waals surface area (Å²) in [6, 6.07) is 7.63. The molecule has 1 rings (SSSR count). The first kappa shape index (κ1) is 17.5. The Labute approximate surface area is 127 Å². The van der Waals surface area contributed by atoms with Crippen molar-refractivity contribution < 1.29 is 14.6 Å². The van der Waals surface area contributed by atoms with E-state index in [4.69, 9.17) is 4.74 Å². The van der Waals surface area contributed by atoms with Crippen LogP contribution in [0.25, 0.3) is 0 Å². The number of benzene rings is 1. The van der Waals surface area contributed by atoms with Crippen molar-refractivity contribution in [3.8, 4) is 5.75 Å². The van der Waals surface area contributed by atoms with E-state index >= 15 is 0 Å². The summed E-state index contributed by atoms with van der Waals surface area (Å²) in [7, 11) is 1.63. The molecule has 3 unspecified atom stereocenters. The molecule has 0 saturated carbocycles. The third-order valence-corrected chi connectivity index (χ3v) is 3.61. The number of carbonyl (C=O) groups is 1. The Bertz CT molecular complexity index is 428. The van der Waals surface area contributed by atoms with Crippen molar-refractivity contribution in [3.05, 3.63) is 29.8 Å². The molecule has 0 bridgehead atoms. The molecule has 1 amide bonds. The molecular weight excluding hydrogens is 266 g/mol. The van der Waals surface area contributed by atoms with Crippen LogP contribution in [0.3, 0.4) is 0 Å². The third-order valence-electron chi connectivity index (χ3n) is 3.61. The summed E-state index contributed by atoms with van der Waals surface area (Å²) in [5.74, 6) is 0.955. The topological polar surface area (TPSA) is 58.6 Å². The Hall–Kier alpha value is -1.55. The molecule has 0 aliphatic rings. The Balaban J connectivity index is 2.60. The van der Waals surface area contributed by atoms with E-state index in [2.05, 4.69) is 5.32 Å². The van der Waals surface area contributed by atoms with Crippen molar-refractivity contribution in [2.24, 2.45) is 5.92 Å². The number of rotatable bonds is 8. The zero-order valence-corrected chi connectivity index (χ0v) is 13.4. The lowest BCUT2D eigenvalue weighted by atomic mass is 9.95. The summed E-state index contributed by atoms with van der Waals surface area (Å²) in [5.41, 5.74) is 0.999. The maximum absolute atomic E-state index is 12.3. The molecule has 3 atom stereocenters. The lowest BCUT2D eigenvalue weighted by molar-refractivity contribution is -0.122. The molecule has 4 nitrogen and oxygen atoms in total. The molecular formula is C17H27NO3. The molecule has 4 heteroatoms. The minimum Gasteiger partial charge on any atom is -0.497 e. The van der Waals surface area contributed by atoms with Crippen LogP contribution in [0.2, 0.25) is 0 Å². The lowest BCUT2D eigenvalue weighted by Gasteiger charge is -2.19. The second-order valence-electron chi connectivity index (χ2n) is 5.67. The summed E-state index contributed by atoms with van der Waals surface area (Å²) >= 11 is 0. The van der Waals surface area contributed by atoms with Crippen LogP contribution in [0.1, 0.15) is 45.1 Å². The Morgan fingerprint density at radius 3 is 2.38 bits per heavy atom. The number of amides is 1. The van der Waals surface area contributed by atoms with Crippen LogP contribution < -0.4 is 10.1 Å². The predicted octanol–water partition coefficient (Wildman–Crippen LogP) is 2.71. The van der Waals surface area contributed by atoms with Gasteiger partial charge in [0.2, 0.25) is 5.91 Å². The van der Waals surface area contributed by atoms with Crippen LogP contribution in [0.5, 0.6) is 5.75 Å². The van der Waals surface area contributed by atoms with E-state index in [1.165, 1.54) is 0 Å². The van der Waals surface area contributed by atoms with Crippen molar-refractivity contribution in [1.82, 2.24) is 5.32 Å². The van der Waals surface area contributed by atoms with Gasteiger partial charge in [-0.2, -0.15) is 0 Å². The first-order chi connectivity index (χ1) is 9.97. The van der Waals surface area contributed by atoms with E-state index in [0.717, 1.165) is 17.7 Å². The quantitative estimate of drug-likeness (QED) is 0.775. The third kappa shape index (κ3) is 5.76. The van der Waals surface area contributed by atoms with E-state index in [1.54, 1.807) is 14.0 Å². The molecule has 0 aliphatic carbocycles. The first-order valence-corrected chi connectivity index (χ1v) is 7.57. The van der Waals surface area contributed by atoms with Crippen LogP contribution in [0.4, 0.5) is 0 Å². The molecule has 0 heterocycles. The van der Waals surface area contributed by atoms with Gasteiger partial charge in [-0.25, -0.2) is 0 Å². The molecule has 1 aromatic rings. The van der Waals surface area contributed by atoms with Gasteiger partial charge < -0.3 is 15.2 Å². The average molecular weight is 293 g/mol. The number of nitrogens with one attached hydrogen (secondary N) is 1. The average Bonchev–Trinajstić information content (AvgIpc) is 2.46. The fraction of sp³-hybridized carbons (Fsp3) is 0.588. The highest BCUT2D eigenvalue weighted by Gasteiger charge is 2.19. The molecule has 0 radical (unpaired) electrons. The summed E-state index contributed by atoms with van der Waals surface area (Å²) < 4.78 is 5.13. The maximum Gasteiger partial charge on any atom is 0.227 e. The van der Waals surface area contributed by atoms with Crippen molar-refractivity contribution in [3.63, 3.8) is 0 Å². The molecule has 0 aromatic heterocycles. The second kappa shape index (κ2) is 8.67. The molecule has 1 aromatic carbocycles. The fourth-order valence-electron chi connectivity index (χ4n) is 2.47. The standard InChI is InChI=1S/C17H27NO3/c1-5-16(14-6-8-15(21-4)9-7-14)17(20)18-11-12(2)10-13(3)19/h6-9,12-13,16,19H,5,10-11H2,1-4H3,(H,18,20). The number of aliphatic hydroxyl groups excluding tert-OH is 1. The largest absolute Gasteiger partial charge is 0.497 e. The van der Waals surface area contributed by atoms with E-state index in [-0.39, 0.29) is 23.8 Å². The summed E-state index contributed by atoms with van der Waals surface area (Å²) in [4.78, 5) is 12.3. The zero-order valence-electron chi connectivity index (χ0n) is 13.4. The van der Waals surface area contributed by atoms with Crippen molar-refractivity contribution in [2.45, 2.75) is 45.6 Å². The molecule has 0 fully saturated rings. The smallest absolute Gasteiger partial charge is 0.227 e. The van der Waals surface area contributed by atoms with E-state index in [0.29, 0.717) is 13.0 Å². The Morgan fingerprint density at radius 2 is 1.90 bits per heavy atom. The van der Waals surface area contributed by atoms with Crippen molar-refractivity contribution in [1.29, 1.82) is 0 Å². The number of hydrogen-bond donors (Lipinski definition) is 2. The predicted molar refractivity (Wildman–Crippen MR) is 84.5 cm³/mol. The highest BCUT2D eigenvalue weighted by atomic mass is 16.5. The van der Waals surface area contributed by atoms with E-state index in [9.17, 15) is 9.90 Å². The van der Waals surface area contributed by atoms with Crippen LogP contribution in [0.15, 0.2) is 24.3 Å². The van der Waals surface area contributed by atoms with Gasteiger partial charge >= 0.3 is 0 Å². The van der Waals surface area contributed by atoms with Crippen molar-refractivity contribution in [2.75, 3.05) is 13.7 Å². The molecule has 118 valence electrons. The number of methoxy groups -OCH3 is 1. The van der Waals surface area contributed by atoms with Gasteiger partial charge in [-0.15, -0.1) is 0 Å². The number of carbonyl (C=O) groups excluding carboxylic acids is 1. The van der Waals surface area contributed by atoms with E-state index in [1.807, 2.05) is 38.1 Å². The molecule has 21 heavy (non-hydrogen) atoms. The number of hydrogen-bond acceptors (Lipinski definition) is 3. The van der Waals surface area contributed by atoms with Gasteiger partial charge in [-0.3, -0.25) is 4.79 Å². The molecule has 0 aliphatic heterocycles. The number of ether oxygens (including phenoxy) is 1. The van der Waals surface area contributed by atoms with Crippen LogP contribution in [-0.4, -0.2) is 30.8 Å². The van der Waals surface area contributed by atoms with E-state index < -0.39 is 0 Å². The second-order valence-corrected chi connectivity index (χ2v) is 5.67. The van der Waals surface area contributed by atoms with Gasteiger partial charge in [0.25, 0.3) is 0 Å². The van der Waals surface area contributed by atoms with Gasteiger partial charge in [0, 0.05) is 6.54 Å². The summed E-state index contributed by atoms with van der Waals surface area (Å²) in [6.07, 6.45) is 1.11. The highest BCUT2D eigenvalue weighted by Crippen LogP contribution is 2.22. The summed E-state index contributed by atoms with van der Waals surface area (Å²) in [5, 5.41) is 12.3. The van der Waals surface area contributed by atoms with Gasteiger partial charge in [-0.1, -0.05) is 26.0 Å². The van der Waals surface area contributed by atoms with Crippen LogP contribution >= 0.6 is 0 Å². The molecule has 0 spiro atoms. The minimum atomic E-state index is -0.333. The minimum absolute atomic E-state index is 0.0418. The van der Waals surface area contributed by atoms with Crippen molar-refractivity contribution >= 4 is 5.91 Å². The molecule has 0 saturated heterocycles. The maximum atomic E-state index is 12.3. The lowest BCUT2D eigenvalue weighted by Crippen LogP contribution is -2.33. The molecule has 2 N–H and O–H groups in total. The Morgan fingerprint density at radius 1 is 1.29 bits per heavy atom. The summed E-state index contributed by atoms with van der Waals surface area (Å²) in [6.45, 7) is 6.40. The van der Waals surface area contributed by atoms with Gasteiger partial charge in [0.15, 0.2) is 0 Å². The first-order valence-electron chi connectivity index (χ1n) is 7.57. The normalized spacial score (nSPS) is 15.1. The highest BCUT2D eigenvalue weighted by molar-refractivity contribution is 5.83. The zero-order chi connectivity index (χ0) is 15.8. The van der Waals surface area contributed by atoms with Gasteiger partial charge in [-0.05, 0) is 43.4 Å². The monoisotopic (exact) mass is 293 g/mol. The van der Waals surface area contributed by atoms with Crippen LogP contribution in [-0.2, 0) is 4.79 Å². The van der Waals surface area contributed by atoms with Gasteiger partial charge in [0.05, 0.1) is 19.1 Å². The fourth-order valence-corrected chi connectivity index (χ4v) is 2.47. The Kier molecular flexibility index (Phi) is 7.23. The van der Waals surface area contributed by atoms with Gasteiger partial charge in [0.1, 0.15) is 5.75 Å². The van der Waals surface area contributed by atoms with Crippen LogP contribution in [0, 0.1) is 5.92 Å². The number of aliphatic hydroxyl groups is 1.